The monoisotopic (exact) mass is 265 g/mol. The second-order valence-electron chi connectivity index (χ2n) is 3.52. The normalized spacial score (nSPS) is 11.1. The van der Waals surface area contributed by atoms with Crippen molar-refractivity contribution in [3.8, 4) is 0 Å². The van der Waals surface area contributed by atoms with Crippen molar-refractivity contribution in [2.75, 3.05) is 5.73 Å². The largest absolute Gasteiger partial charge is 0.383 e. The first-order valence-corrected chi connectivity index (χ1v) is 6.16. The Hall–Kier alpha value is -1.66. The summed E-state index contributed by atoms with van der Waals surface area (Å²) in [4.78, 5) is 9.57. The Bertz CT molecular complexity index is 674. The summed E-state index contributed by atoms with van der Waals surface area (Å²) in [5.74, 6) is 1.14. The molecule has 86 valence electrons. The van der Waals surface area contributed by atoms with Crippen molar-refractivity contribution in [2.24, 2.45) is 0 Å². The molecule has 0 fully saturated rings. The maximum Gasteiger partial charge on any atom is 0.153 e. The third-order valence-electron chi connectivity index (χ3n) is 2.31. The van der Waals surface area contributed by atoms with Gasteiger partial charge in [-0.2, -0.15) is 5.10 Å². The van der Waals surface area contributed by atoms with Crippen molar-refractivity contribution < 1.29 is 0 Å². The lowest BCUT2D eigenvalue weighted by atomic mass is 10.4. The van der Waals surface area contributed by atoms with Gasteiger partial charge in [0.15, 0.2) is 5.82 Å². The van der Waals surface area contributed by atoms with E-state index in [1.54, 1.807) is 28.4 Å². The Kier molecular flexibility index (Phi) is 2.45. The molecule has 0 aliphatic carbocycles. The molecule has 0 saturated heterocycles. The van der Waals surface area contributed by atoms with E-state index in [2.05, 4.69) is 15.1 Å². The minimum absolute atomic E-state index is 0.463. The molecule has 0 spiro atoms. The Balaban J connectivity index is 2.00. The molecule has 0 aliphatic rings. The van der Waals surface area contributed by atoms with Crippen LogP contribution in [0.5, 0.6) is 0 Å². The molecule has 3 heterocycles. The Morgan fingerprint density at radius 3 is 3.06 bits per heavy atom. The third-order valence-corrected chi connectivity index (χ3v) is 3.31. The predicted octanol–water partition coefficient (Wildman–Crippen LogP) is 2.17. The fraction of sp³-hybridized carbons (Fsp3) is 0.100. The number of anilines is 1. The molecule has 0 atom stereocenters. The van der Waals surface area contributed by atoms with Crippen LogP contribution in [0.3, 0.4) is 0 Å². The third kappa shape index (κ3) is 1.96. The van der Waals surface area contributed by atoms with Gasteiger partial charge in [-0.15, -0.1) is 11.3 Å². The topological polar surface area (TPSA) is 69.6 Å². The second-order valence-corrected chi connectivity index (χ2v) is 4.85. The summed E-state index contributed by atoms with van der Waals surface area (Å²) in [6, 6.07) is 1.92. The number of hydrogen-bond acceptors (Lipinski definition) is 5. The van der Waals surface area contributed by atoms with Crippen LogP contribution in [0.25, 0.3) is 10.2 Å². The number of nitrogens with two attached hydrogens (primary N) is 1. The van der Waals surface area contributed by atoms with Crippen LogP contribution in [-0.4, -0.2) is 19.7 Å². The van der Waals surface area contributed by atoms with Crippen LogP contribution in [-0.2, 0) is 6.54 Å². The molecule has 0 bridgehead atoms. The number of fused-ring (bicyclic) bond motifs is 1. The maximum absolute atomic E-state index is 5.86. The van der Waals surface area contributed by atoms with Gasteiger partial charge in [0.05, 0.1) is 16.6 Å². The zero-order valence-corrected chi connectivity index (χ0v) is 10.2. The molecule has 2 N–H and O–H groups in total. The highest BCUT2D eigenvalue weighted by Crippen LogP contribution is 2.23. The lowest BCUT2D eigenvalue weighted by Gasteiger charge is -2.02. The van der Waals surface area contributed by atoms with Gasteiger partial charge in [0.25, 0.3) is 0 Å². The quantitative estimate of drug-likeness (QED) is 0.771. The molecule has 5 nitrogen and oxygen atoms in total. The number of rotatable bonds is 2. The SMILES string of the molecule is Nc1nc(Cn2cc(Cl)cn2)nc2sccc12. The standard InChI is InChI=1S/C10H8ClN5S/c11-6-3-13-16(4-6)5-8-14-9(12)7-1-2-17-10(7)15-8/h1-4H,5H2,(H2,12,14,15). The highest BCUT2D eigenvalue weighted by Gasteiger charge is 2.07. The maximum atomic E-state index is 5.86. The molecule has 3 rings (SSSR count). The average Bonchev–Trinajstić information content (AvgIpc) is 2.87. The highest BCUT2D eigenvalue weighted by atomic mass is 35.5. The van der Waals surface area contributed by atoms with E-state index in [-0.39, 0.29) is 0 Å². The van der Waals surface area contributed by atoms with Gasteiger partial charge in [-0.1, -0.05) is 11.6 Å². The van der Waals surface area contributed by atoms with E-state index in [1.807, 2.05) is 11.4 Å². The predicted molar refractivity (Wildman–Crippen MR) is 68.2 cm³/mol. The minimum atomic E-state index is 0.463. The van der Waals surface area contributed by atoms with E-state index in [0.29, 0.717) is 23.2 Å². The van der Waals surface area contributed by atoms with E-state index in [4.69, 9.17) is 17.3 Å². The first kappa shape index (κ1) is 10.5. The lowest BCUT2D eigenvalue weighted by molar-refractivity contribution is 0.659. The number of hydrogen-bond donors (Lipinski definition) is 1. The summed E-state index contributed by atoms with van der Waals surface area (Å²) in [6.07, 6.45) is 3.30. The Labute approximate surface area is 106 Å². The van der Waals surface area contributed by atoms with Gasteiger partial charge in [-0.05, 0) is 11.4 Å². The first-order valence-electron chi connectivity index (χ1n) is 4.90. The Morgan fingerprint density at radius 1 is 1.41 bits per heavy atom. The molecule has 17 heavy (non-hydrogen) atoms. The van der Waals surface area contributed by atoms with Crippen LogP contribution in [0.2, 0.25) is 5.02 Å². The fourth-order valence-corrected chi connectivity index (χ4v) is 2.51. The van der Waals surface area contributed by atoms with Crippen molar-refractivity contribution in [3.63, 3.8) is 0 Å². The van der Waals surface area contributed by atoms with E-state index >= 15 is 0 Å². The van der Waals surface area contributed by atoms with Gasteiger partial charge < -0.3 is 5.73 Å². The van der Waals surface area contributed by atoms with Crippen molar-refractivity contribution >= 4 is 39.0 Å². The number of aromatic nitrogens is 4. The van der Waals surface area contributed by atoms with Gasteiger partial charge in [0, 0.05) is 6.20 Å². The molecule has 0 radical (unpaired) electrons. The molecule has 3 aromatic rings. The van der Waals surface area contributed by atoms with Crippen LogP contribution in [0.4, 0.5) is 5.82 Å². The molecule has 0 aliphatic heterocycles. The lowest BCUT2D eigenvalue weighted by Crippen LogP contribution is -2.06. The summed E-state index contributed by atoms with van der Waals surface area (Å²) in [6.45, 7) is 0.463. The summed E-state index contributed by atoms with van der Waals surface area (Å²) in [7, 11) is 0. The first-order chi connectivity index (χ1) is 8.22. The molecular weight excluding hydrogens is 258 g/mol. The van der Waals surface area contributed by atoms with E-state index in [0.717, 1.165) is 10.2 Å². The number of nitrogens with zero attached hydrogens (tertiary/aromatic N) is 4. The van der Waals surface area contributed by atoms with E-state index < -0.39 is 0 Å². The highest BCUT2D eigenvalue weighted by molar-refractivity contribution is 7.16. The summed E-state index contributed by atoms with van der Waals surface area (Å²) >= 11 is 7.33. The number of thiophene rings is 1. The van der Waals surface area contributed by atoms with Gasteiger partial charge in [0.2, 0.25) is 0 Å². The minimum Gasteiger partial charge on any atom is -0.383 e. The second kappa shape index (κ2) is 3.97. The van der Waals surface area contributed by atoms with Crippen molar-refractivity contribution in [1.82, 2.24) is 19.7 Å². The van der Waals surface area contributed by atoms with Gasteiger partial charge in [-0.3, -0.25) is 4.68 Å². The van der Waals surface area contributed by atoms with Crippen LogP contribution in [0, 0.1) is 0 Å². The smallest absolute Gasteiger partial charge is 0.153 e. The Morgan fingerprint density at radius 2 is 2.29 bits per heavy atom. The molecule has 7 heteroatoms. The molecule has 3 aromatic heterocycles. The van der Waals surface area contributed by atoms with Gasteiger partial charge in [0.1, 0.15) is 17.2 Å². The summed E-state index contributed by atoms with van der Waals surface area (Å²) in [5.41, 5.74) is 5.86. The van der Waals surface area contributed by atoms with Crippen LogP contribution in [0.15, 0.2) is 23.8 Å². The summed E-state index contributed by atoms with van der Waals surface area (Å²) in [5, 5.41) is 7.52. The zero-order chi connectivity index (χ0) is 11.8. The van der Waals surface area contributed by atoms with Crippen molar-refractivity contribution in [1.29, 1.82) is 0 Å². The molecule has 0 amide bonds. The van der Waals surface area contributed by atoms with Gasteiger partial charge in [-0.25, -0.2) is 9.97 Å². The van der Waals surface area contributed by atoms with Crippen LogP contribution in [0.1, 0.15) is 5.82 Å². The number of halogens is 1. The molecule has 0 saturated carbocycles. The van der Waals surface area contributed by atoms with Crippen LogP contribution >= 0.6 is 22.9 Å². The molecule has 0 aromatic carbocycles. The van der Waals surface area contributed by atoms with Crippen molar-refractivity contribution in [3.05, 3.63) is 34.7 Å². The number of nitrogen functional groups attached to an aromatic ring is 1. The van der Waals surface area contributed by atoms with E-state index in [9.17, 15) is 0 Å². The van der Waals surface area contributed by atoms with E-state index in [1.165, 1.54) is 0 Å². The van der Waals surface area contributed by atoms with Crippen LogP contribution < -0.4 is 5.73 Å². The van der Waals surface area contributed by atoms with Gasteiger partial charge >= 0.3 is 0 Å². The average molecular weight is 266 g/mol. The fourth-order valence-electron chi connectivity index (χ4n) is 1.56. The van der Waals surface area contributed by atoms with Crippen molar-refractivity contribution in [2.45, 2.75) is 6.54 Å². The molecular formula is C10H8ClN5S. The molecule has 0 unspecified atom stereocenters. The summed E-state index contributed by atoms with van der Waals surface area (Å²) < 4.78 is 1.68. The zero-order valence-electron chi connectivity index (χ0n) is 8.67.